The molecule has 0 saturated heterocycles. The quantitative estimate of drug-likeness (QED) is 0.725. The molecule has 0 radical (unpaired) electrons. The average molecular weight is 359 g/mol. The maximum Gasteiger partial charge on any atom is 0.295 e. The average Bonchev–Trinajstić information content (AvgIpc) is 2.61. The van der Waals surface area contributed by atoms with Crippen molar-refractivity contribution in [1.29, 1.82) is 0 Å². The monoisotopic (exact) mass is 358 g/mol. The van der Waals surface area contributed by atoms with Gasteiger partial charge in [-0.15, -0.1) is 0 Å². The highest BCUT2D eigenvalue weighted by molar-refractivity contribution is 7.86. The summed E-state index contributed by atoms with van der Waals surface area (Å²) in [7, 11) is -4.27. The molecule has 3 nitrogen and oxygen atoms in total. The predicted molar refractivity (Wildman–Crippen MR) is 101 cm³/mol. The summed E-state index contributed by atoms with van der Waals surface area (Å²) in [5.41, 5.74) is 3.51. The van der Waals surface area contributed by atoms with Gasteiger partial charge in [0.2, 0.25) is 0 Å². The molecule has 3 rings (SSSR count). The molecule has 0 unspecified atom stereocenters. The van der Waals surface area contributed by atoms with Gasteiger partial charge in [0, 0.05) is 5.56 Å². The third-order valence-electron chi connectivity index (χ3n) is 5.54. The Balaban J connectivity index is 1.98. The van der Waals surface area contributed by atoms with Crippen LogP contribution in [-0.4, -0.2) is 13.0 Å². The normalized spacial score (nSPS) is 21.2. The first-order valence-electron chi connectivity index (χ1n) is 9.07. The molecular weight excluding hydrogens is 332 g/mol. The van der Waals surface area contributed by atoms with E-state index in [9.17, 15) is 13.0 Å². The molecule has 0 amide bonds. The van der Waals surface area contributed by atoms with Gasteiger partial charge in [-0.1, -0.05) is 55.3 Å². The van der Waals surface area contributed by atoms with Crippen LogP contribution >= 0.6 is 0 Å². The Morgan fingerprint density at radius 3 is 2.20 bits per heavy atom. The lowest BCUT2D eigenvalue weighted by molar-refractivity contribution is 0.318. The minimum atomic E-state index is -4.27. The van der Waals surface area contributed by atoms with Crippen LogP contribution in [0.5, 0.6) is 0 Å². The lowest BCUT2D eigenvalue weighted by Gasteiger charge is -2.28. The summed E-state index contributed by atoms with van der Waals surface area (Å²) in [5, 5.41) is 0. The van der Waals surface area contributed by atoms with Crippen molar-refractivity contribution in [2.24, 2.45) is 5.92 Å². The first kappa shape index (κ1) is 18.2. The highest BCUT2D eigenvalue weighted by Crippen LogP contribution is 2.39. The second-order valence-electron chi connectivity index (χ2n) is 7.22. The van der Waals surface area contributed by atoms with Crippen LogP contribution < -0.4 is 0 Å². The maximum absolute atomic E-state index is 12.0. The topological polar surface area (TPSA) is 54.4 Å². The van der Waals surface area contributed by atoms with E-state index in [0.29, 0.717) is 11.5 Å². The first-order chi connectivity index (χ1) is 11.9. The van der Waals surface area contributed by atoms with Crippen molar-refractivity contribution in [1.82, 2.24) is 0 Å². The number of aryl methyl sites for hydroxylation is 1. The molecule has 0 spiro atoms. The molecule has 1 saturated carbocycles. The molecule has 0 bridgehead atoms. The second kappa shape index (κ2) is 7.30. The molecule has 0 atom stereocenters. The minimum absolute atomic E-state index is 0.0199. The van der Waals surface area contributed by atoms with Crippen molar-refractivity contribution in [3.05, 3.63) is 53.6 Å². The molecule has 1 N–H and O–H groups in total. The van der Waals surface area contributed by atoms with E-state index < -0.39 is 10.1 Å². The Labute approximate surface area is 150 Å². The predicted octanol–water partition coefficient (Wildman–Crippen LogP) is 5.59. The van der Waals surface area contributed by atoms with Crippen molar-refractivity contribution in [3.8, 4) is 11.1 Å². The lowest BCUT2D eigenvalue weighted by Crippen LogP contribution is -2.13. The van der Waals surface area contributed by atoms with E-state index in [-0.39, 0.29) is 4.90 Å². The summed E-state index contributed by atoms with van der Waals surface area (Å²) in [6.45, 7) is 4.22. The van der Waals surface area contributed by atoms with Crippen molar-refractivity contribution < 1.29 is 13.0 Å². The molecule has 1 fully saturated rings. The van der Waals surface area contributed by atoms with Crippen LogP contribution in [0, 0.1) is 12.8 Å². The van der Waals surface area contributed by atoms with E-state index in [0.717, 1.165) is 35.4 Å². The SMILES string of the molecule is CCC1CCC(c2ccc(-c3ccc(C)cc3)c(S(=O)(=O)O)c2)CC1. The van der Waals surface area contributed by atoms with Gasteiger partial charge in [0.1, 0.15) is 4.90 Å². The van der Waals surface area contributed by atoms with Crippen molar-refractivity contribution in [2.75, 3.05) is 0 Å². The molecule has 0 aliphatic heterocycles. The summed E-state index contributed by atoms with van der Waals surface area (Å²) < 4.78 is 33.7. The third-order valence-corrected chi connectivity index (χ3v) is 6.44. The van der Waals surface area contributed by atoms with Gasteiger partial charge in [-0.25, -0.2) is 0 Å². The van der Waals surface area contributed by atoms with Gasteiger partial charge in [-0.3, -0.25) is 4.55 Å². The van der Waals surface area contributed by atoms with Crippen LogP contribution in [0.3, 0.4) is 0 Å². The summed E-state index contributed by atoms with van der Waals surface area (Å²) in [4.78, 5) is 0.0199. The van der Waals surface area contributed by atoms with Crippen molar-refractivity contribution in [3.63, 3.8) is 0 Å². The van der Waals surface area contributed by atoms with Gasteiger partial charge in [-0.2, -0.15) is 8.42 Å². The number of benzene rings is 2. The Bertz CT molecular complexity index is 830. The van der Waals surface area contributed by atoms with Crippen LogP contribution in [0.25, 0.3) is 11.1 Å². The summed E-state index contributed by atoms with van der Waals surface area (Å²) in [6.07, 6.45) is 5.79. The molecule has 1 aliphatic rings. The summed E-state index contributed by atoms with van der Waals surface area (Å²) >= 11 is 0. The van der Waals surface area contributed by atoms with Gasteiger partial charge in [0.25, 0.3) is 10.1 Å². The second-order valence-corrected chi connectivity index (χ2v) is 8.61. The molecule has 25 heavy (non-hydrogen) atoms. The Morgan fingerprint density at radius 2 is 1.64 bits per heavy atom. The van der Waals surface area contributed by atoms with E-state index in [4.69, 9.17) is 0 Å². The first-order valence-corrected chi connectivity index (χ1v) is 10.5. The fourth-order valence-corrected chi connectivity index (χ4v) is 4.63. The van der Waals surface area contributed by atoms with Gasteiger partial charge < -0.3 is 0 Å². The van der Waals surface area contributed by atoms with Gasteiger partial charge >= 0.3 is 0 Å². The number of rotatable bonds is 4. The fraction of sp³-hybridized carbons (Fsp3) is 0.429. The van der Waals surface area contributed by atoms with E-state index in [1.165, 1.54) is 19.3 Å². The molecule has 2 aromatic carbocycles. The molecule has 134 valence electrons. The Hall–Kier alpha value is -1.65. The molecule has 1 aliphatic carbocycles. The van der Waals surface area contributed by atoms with Crippen molar-refractivity contribution in [2.45, 2.75) is 56.8 Å². The zero-order valence-electron chi connectivity index (χ0n) is 14.9. The fourth-order valence-electron chi connectivity index (χ4n) is 3.88. The molecule has 2 aromatic rings. The zero-order chi connectivity index (χ0) is 18.0. The largest absolute Gasteiger partial charge is 0.295 e. The van der Waals surface area contributed by atoms with Gasteiger partial charge in [0.05, 0.1) is 0 Å². The third kappa shape index (κ3) is 4.13. The molecular formula is C21H26O3S. The maximum atomic E-state index is 12.0. The van der Waals surface area contributed by atoms with Gasteiger partial charge in [0.15, 0.2) is 0 Å². The van der Waals surface area contributed by atoms with E-state index in [1.54, 1.807) is 6.07 Å². The Kier molecular flexibility index (Phi) is 5.30. The summed E-state index contributed by atoms with van der Waals surface area (Å²) in [6, 6.07) is 13.2. The van der Waals surface area contributed by atoms with Crippen LogP contribution in [0.4, 0.5) is 0 Å². The van der Waals surface area contributed by atoms with Crippen LogP contribution in [0.15, 0.2) is 47.4 Å². The number of hydrogen-bond donors (Lipinski definition) is 1. The minimum Gasteiger partial charge on any atom is -0.282 e. The van der Waals surface area contributed by atoms with Gasteiger partial charge in [-0.05, 0) is 61.6 Å². The highest BCUT2D eigenvalue weighted by atomic mass is 32.2. The van der Waals surface area contributed by atoms with Crippen LogP contribution in [0.2, 0.25) is 0 Å². The van der Waals surface area contributed by atoms with Crippen molar-refractivity contribution >= 4 is 10.1 Å². The molecule has 0 aromatic heterocycles. The van der Waals surface area contributed by atoms with E-state index in [1.807, 2.05) is 43.3 Å². The zero-order valence-corrected chi connectivity index (χ0v) is 15.7. The lowest BCUT2D eigenvalue weighted by atomic mass is 9.77. The van der Waals surface area contributed by atoms with Crippen LogP contribution in [-0.2, 0) is 10.1 Å². The van der Waals surface area contributed by atoms with Crippen LogP contribution in [0.1, 0.15) is 56.1 Å². The molecule has 4 heteroatoms. The van der Waals surface area contributed by atoms with E-state index >= 15 is 0 Å². The smallest absolute Gasteiger partial charge is 0.282 e. The number of hydrogen-bond acceptors (Lipinski definition) is 2. The summed E-state index contributed by atoms with van der Waals surface area (Å²) in [5.74, 6) is 1.18. The Morgan fingerprint density at radius 1 is 1.00 bits per heavy atom. The van der Waals surface area contributed by atoms with E-state index in [2.05, 4.69) is 6.92 Å². The standard InChI is InChI=1S/C21H26O3S/c1-3-16-6-10-17(11-7-16)19-12-13-20(21(14-19)25(22,23)24)18-8-4-15(2)5-9-18/h4-5,8-9,12-14,16-17H,3,6-7,10-11H2,1-2H3,(H,22,23,24). The molecule has 0 heterocycles. The highest BCUT2D eigenvalue weighted by Gasteiger charge is 2.24.